The second-order valence-electron chi connectivity index (χ2n) is 11.4. The third-order valence-corrected chi connectivity index (χ3v) is 9.89. The summed E-state index contributed by atoms with van der Waals surface area (Å²) in [7, 11) is 0. The van der Waals surface area contributed by atoms with Gasteiger partial charge in [0.05, 0.1) is 16.1 Å². The van der Waals surface area contributed by atoms with Crippen molar-refractivity contribution in [1.29, 1.82) is 0 Å². The molecule has 7 aromatic rings. The fourth-order valence-electron chi connectivity index (χ4n) is 6.68. The van der Waals surface area contributed by atoms with Gasteiger partial charge in [0, 0.05) is 32.1 Å². The van der Waals surface area contributed by atoms with Crippen molar-refractivity contribution in [3.63, 3.8) is 0 Å². The highest BCUT2D eigenvalue weighted by Crippen LogP contribution is 2.52. The molecule has 0 bridgehead atoms. The highest BCUT2D eigenvalue weighted by atomic mass is 32.1. The van der Waals surface area contributed by atoms with E-state index in [1.165, 1.54) is 70.6 Å². The molecule has 0 N–H and O–H groups in total. The monoisotopic (exact) mass is 543 g/mol. The topological polar surface area (TPSA) is 3.24 Å². The maximum Gasteiger partial charge on any atom is 0.0640 e. The molecule has 0 saturated heterocycles. The number of thiophene rings is 1. The molecule has 41 heavy (non-hydrogen) atoms. The summed E-state index contributed by atoms with van der Waals surface area (Å²) in [5.41, 5.74) is 11.4. The molecule has 1 heterocycles. The van der Waals surface area contributed by atoms with Crippen molar-refractivity contribution in [2.45, 2.75) is 19.3 Å². The molecule has 0 atom stereocenters. The molecule has 0 saturated carbocycles. The summed E-state index contributed by atoms with van der Waals surface area (Å²) in [5, 5.41) is 2.62. The third-order valence-electron chi connectivity index (χ3n) is 8.68. The quantitative estimate of drug-likeness (QED) is 0.213. The predicted octanol–water partition coefficient (Wildman–Crippen LogP) is 11.5. The van der Waals surface area contributed by atoms with Gasteiger partial charge in [0.1, 0.15) is 0 Å². The van der Waals surface area contributed by atoms with Crippen LogP contribution in [0.4, 0.5) is 17.1 Å². The average molecular weight is 544 g/mol. The highest BCUT2D eigenvalue weighted by molar-refractivity contribution is 7.26. The zero-order valence-corrected chi connectivity index (χ0v) is 24.0. The normalized spacial score (nSPS) is 13.3. The molecular weight excluding hydrogens is 515 g/mol. The Morgan fingerprint density at radius 2 is 1.17 bits per heavy atom. The number of benzene rings is 6. The Hall–Kier alpha value is -4.66. The summed E-state index contributed by atoms with van der Waals surface area (Å²) in [6.07, 6.45) is 0. The van der Waals surface area contributed by atoms with Gasteiger partial charge < -0.3 is 4.90 Å². The molecule has 0 aliphatic heterocycles. The van der Waals surface area contributed by atoms with Gasteiger partial charge in [-0.25, -0.2) is 0 Å². The van der Waals surface area contributed by atoms with Gasteiger partial charge in [-0.05, 0) is 58.1 Å². The molecule has 2 heteroatoms. The lowest BCUT2D eigenvalue weighted by atomic mass is 9.82. The molecule has 6 aromatic carbocycles. The molecule has 1 aliphatic carbocycles. The highest BCUT2D eigenvalue weighted by Gasteiger charge is 2.36. The lowest BCUT2D eigenvalue weighted by molar-refractivity contribution is 0.660. The molecule has 0 radical (unpaired) electrons. The summed E-state index contributed by atoms with van der Waals surface area (Å²) < 4.78 is 2.62. The van der Waals surface area contributed by atoms with Crippen LogP contribution in [-0.4, -0.2) is 0 Å². The fourth-order valence-corrected chi connectivity index (χ4v) is 7.88. The van der Waals surface area contributed by atoms with Crippen molar-refractivity contribution in [1.82, 2.24) is 0 Å². The predicted molar refractivity (Wildman–Crippen MR) is 177 cm³/mol. The van der Waals surface area contributed by atoms with Crippen molar-refractivity contribution in [2.24, 2.45) is 0 Å². The fraction of sp³-hybridized carbons (Fsp3) is 0.0769. The van der Waals surface area contributed by atoms with Crippen LogP contribution in [0, 0.1) is 0 Å². The van der Waals surface area contributed by atoms with Crippen LogP contribution in [0.2, 0.25) is 0 Å². The van der Waals surface area contributed by atoms with Gasteiger partial charge in [-0.2, -0.15) is 0 Å². The number of hydrogen-bond acceptors (Lipinski definition) is 2. The summed E-state index contributed by atoms with van der Waals surface area (Å²) in [5.74, 6) is 0. The van der Waals surface area contributed by atoms with Crippen LogP contribution < -0.4 is 4.90 Å². The van der Waals surface area contributed by atoms with E-state index in [1.807, 2.05) is 11.3 Å². The zero-order valence-electron chi connectivity index (χ0n) is 23.1. The van der Waals surface area contributed by atoms with Crippen LogP contribution in [0.25, 0.3) is 42.4 Å². The van der Waals surface area contributed by atoms with Crippen molar-refractivity contribution < 1.29 is 0 Å². The SMILES string of the molecule is CC1(C)c2ccccc2-c2ccc(N(c3ccccc3-c3ccccc3)c3cccc4c3sc3ccccc34)cc21. The third kappa shape index (κ3) is 3.68. The maximum atomic E-state index is 2.49. The van der Waals surface area contributed by atoms with Gasteiger partial charge in [-0.1, -0.05) is 123 Å². The number of hydrogen-bond donors (Lipinski definition) is 0. The van der Waals surface area contributed by atoms with E-state index in [1.54, 1.807) is 0 Å². The molecule has 0 fully saturated rings. The van der Waals surface area contributed by atoms with Crippen LogP contribution in [0.5, 0.6) is 0 Å². The van der Waals surface area contributed by atoms with Gasteiger partial charge in [0.2, 0.25) is 0 Å². The molecule has 0 unspecified atom stereocenters. The van der Waals surface area contributed by atoms with Crippen LogP contribution >= 0.6 is 11.3 Å². The van der Waals surface area contributed by atoms with E-state index >= 15 is 0 Å². The van der Waals surface area contributed by atoms with E-state index in [9.17, 15) is 0 Å². The van der Waals surface area contributed by atoms with Crippen molar-refractivity contribution >= 4 is 48.6 Å². The first-order valence-electron chi connectivity index (χ1n) is 14.2. The number of para-hydroxylation sites is 1. The van der Waals surface area contributed by atoms with Crippen molar-refractivity contribution in [3.05, 3.63) is 151 Å². The van der Waals surface area contributed by atoms with Gasteiger partial charge >= 0.3 is 0 Å². The van der Waals surface area contributed by atoms with Crippen LogP contribution in [0.3, 0.4) is 0 Å². The van der Waals surface area contributed by atoms with Crippen LogP contribution in [-0.2, 0) is 5.41 Å². The summed E-state index contributed by atoms with van der Waals surface area (Å²) in [6.45, 7) is 4.72. The Kier molecular flexibility index (Phi) is 5.42. The van der Waals surface area contributed by atoms with E-state index in [0.717, 1.165) is 0 Å². The Bertz CT molecular complexity index is 2080. The smallest absolute Gasteiger partial charge is 0.0640 e. The minimum atomic E-state index is -0.0732. The second kappa shape index (κ2) is 9.19. The first kappa shape index (κ1) is 24.2. The molecule has 1 aliphatic rings. The van der Waals surface area contributed by atoms with Crippen molar-refractivity contribution in [3.8, 4) is 22.3 Å². The van der Waals surface area contributed by atoms with Crippen LogP contribution in [0.1, 0.15) is 25.0 Å². The summed E-state index contributed by atoms with van der Waals surface area (Å²) in [6, 6.07) is 51.0. The first-order valence-corrected chi connectivity index (χ1v) is 15.0. The molecule has 8 rings (SSSR count). The maximum absolute atomic E-state index is 2.49. The number of anilines is 3. The van der Waals surface area contributed by atoms with Crippen molar-refractivity contribution in [2.75, 3.05) is 4.90 Å². The van der Waals surface area contributed by atoms with E-state index in [2.05, 4.69) is 158 Å². The number of nitrogens with zero attached hydrogens (tertiary/aromatic N) is 1. The summed E-state index contributed by atoms with van der Waals surface area (Å²) in [4.78, 5) is 2.49. The van der Waals surface area contributed by atoms with E-state index in [-0.39, 0.29) is 5.41 Å². The van der Waals surface area contributed by atoms with Gasteiger partial charge in [-0.15, -0.1) is 11.3 Å². The first-order chi connectivity index (χ1) is 20.1. The molecule has 196 valence electrons. The van der Waals surface area contributed by atoms with Gasteiger partial charge in [0.15, 0.2) is 0 Å². The van der Waals surface area contributed by atoms with Gasteiger partial charge in [0.25, 0.3) is 0 Å². The molecule has 0 amide bonds. The van der Waals surface area contributed by atoms with E-state index in [4.69, 9.17) is 0 Å². The van der Waals surface area contributed by atoms with Gasteiger partial charge in [-0.3, -0.25) is 0 Å². The standard InChI is InChI=1S/C39H29NS/c1-39(2)33-19-9-6-16-29(33)30-24-23-27(25-34(30)39)40(35-20-10-7-15-28(35)26-13-4-3-5-14-26)36-21-12-18-32-31-17-8-11-22-37(31)41-38(32)36/h3-25H,1-2H3. The molecule has 1 aromatic heterocycles. The lowest BCUT2D eigenvalue weighted by Gasteiger charge is -2.30. The Morgan fingerprint density at radius 3 is 2.05 bits per heavy atom. The minimum Gasteiger partial charge on any atom is -0.308 e. The lowest BCUT2D eigenvalue weighted by Crippen LogP contribution is -2.17. The number of fused-ring (bicyclic) bond motifs is 6. The molecule has 1 nitrogen and oxygen atoms in total. The van der Waals surface area contributed by atoms with Crippen LogP contribution in [0.15, 0.2) is 140 Å². The molecule has 0 spiro atoms. The average Bonchev–Trinajstić information content (AvgIpc) is 3.51. The van der Waals surface area contributed by atoms with E-state index < -0.39 is 0 Å². The largest absolute Gasteiger partial charge is 0.308 e. The Labute approximate surface area is 245 Å². The molecular formula is C39H29NS. The Balaban J connectivity index is 1.42. The summed E-state index contributed by atoms with van der Waals surface area (Å²) >= 11 is 1.88. The minimum absolute atomic E-state index is 0.0732. The van der Waals surface area contributed by atoms with E-state index in [0.29, 0.717) is 0 Å². The second-order valence-corrected chi connectivity index (χ2v) is 12.4. The number of rotatable bonds is 4. The Morgan fingerprint density at radius 1 is 0.512 bits per heavy atom. The zero-order chi connectivity index (χ0) is 27.6.